The van der Waals surface area contributed by atoms with Gasteiger partial charge in [0.2, 0.25) is 0 Å². The summed E-state index contributed by atoms with van der Waals surface area (Å²) in [5, 5.41) is 9.93. The fraction of sp³-hybridized carbons (Fsp3) is 0.367. The Morgan fingerprint density at radius 2 is 1.36 bits per heavy atom. The van der Waals surface area contributed by atoms with Gasteiger partial charge in [-0.3, -0.25) is 19.5 Å². The number of nitrogens with zero attached hydrogens (tertiary/aromatic N) is 3. The van der Waals surface area contributed by atoms with Crippen molar-refractivity contribution >= 4 is 5.97 Å². The molecule has 2 saturated heterocycles. The second-order valence-corrected chi connectivity index (χ2v) is 9.87. The van der Waals surface area contributed by atoms with Crippen LogP contribution in [0.1, 0.15) is 24.0 Å². The smallest absolute Gasteiger partial charge is 0.322 e. The Labute approximate surface area is 213 Å². The molecule has 3 aromatic carbocycles. The first-order valence-electron chi connectivity index (χ1n) is 12.9. The third kappa shape index (κ3) is 6.32. The van der Waals surface area contributed by atoms with Crippen molar-refractivity contribution in [2.45, 2.75) is 38.0 Å². The third-order valence-electron chi connectivity index (χ3n) is 7.42. The van der Waals surface area contributed by atoms with Gasteiger partial charge in [-0.15, -0.1) is 0 Å². The minimum absolute atomic E-state index is 0.450. The van der Waals surface area contributed by atoms with E-state index in [4.69, 9.17) is 4.74 Å². The van der Waals surface area contributed by atoms with Crippen LogP contribution in [0.4, 0.5) is 0 Å². The van der Waals surface area contributed by atoms with E-state index in [0.29, 0.717) is 19.1 Å². The number of piperidine rings is 1. The second-order valence-electron chi connectivity index (χ2n) is 9.87. The molecular formula is C30H35N3O3. The maximum atomic E-state index is 12.1. The first kappa shape index (κ1) is 24.5. The summed E-state index contributed by atoms with van der Waals surface area (Å²) in [4.78, 5) is 19.1. The van der Waals surface area contributed by atoms with Gasteiger partial charge in [0, 0.05) is 38.8 Å². The van der Waals surface area contributed by atoms with E-state index in [0.717, 1.165) is 57.1 Å². The van der Waals surface area contributed by atoms with Crippen molar-refractivity contribution in [2.75, 3.05) is 32.7 Å². The first-order chi connectivity index (χ1) is 17.6. The lowest BCUT2D eigenvalue weighted by Gasteiger charge is -2.45. The van der Waals surface area contributed by atoms with Crippen LogP contribution in [-0.4, -0.2) is 70.6 Å². The van der Waals surface area contributed by atoms with Crippen LogP contribution >= 0.6 is 0 Å². The minimum atomic E-state index is -0.715. The number of carboxylic acids is 1. The highest BCUT2D eigenvalue weighted by atomic mass is 16.5. The summed E-state index contributed by atoms with van der Waals surface area (Å²) in [6.07, 6.45) is 2.17. The van der Waals surface area contributed by atoms with E-state index in [-0.39, 0.29) is 0 Å². The average Bonchev–Trinajstić information content (AvgIpc) is 2.92. The molecule has 1 unspecified atom stereocenters. The first-order valence-corrected chi connectivity index (χ1v) is 12.9. The molecule has 36 heavy (non-hydrogen) atoms. The number of piperazine rings is 1. The summed E-state index contributed by atoms with van der Waals surface area (Å²) >= 11 is 0. The number of aliphatic carboxylic acids is 1. The molecule has 2 aliphatic rings. The predicted molar refractivity (Wildman–Crippen MR) is 141 cm³/mol. The lowest BCUT2D eigenvalue weighted by atomic mass is 9.99. The normalized spacial score (nSPS) is 20.3. The standard InChI is InChI=1S/C30H35N3O3/c34-30(35)29-23-32(19-20-33(29)22-24-7-3-1-4-8-24)26-15-17-31(18-16-26)21-25-11-13-28(14-12-25)36-27-9-5-2-6-10-27/h1-14,26,29H,15-23H2,(H,34,35). The molecule has 3 aromatic rings. The molecular weight excluding hydrogens is 450 g/mol. The Bertz CT molecular complexity index is 1100. The number of likely N-dealkylation sites (tertiary alicyclic amines) is 1. The van der Waals surface area contributed by atoms with E-state index in [9.17, 15) is 9.90 Å². The number of hydrogen-bond donors (Lipinski definition) is 1. The van der Waals surface area contributed by atoms with Crippen LogP contribution < -0.4 is 4.74 Å². The molecule has 188 valence electrons. The third-order valence-corrected chi connectivity index (χ3v) is 7.42. The van der Waals surface area contributed by atoms with Gasteiger partial charge in [0.25, 0.3) is 0 Å². The molecule has 1 atom stereocenters. The predicted octanol–water partition coefficient (Wildman–Crippen LogP) is 4.71. The number of carbonyl (C=O) groups is 1. The highest BCUT2D eigenvalue weighted by Gasteiger charge is 2.36. The zero-order chi connectivity index (χ0) is 24.7. The molecule has 2 aliphatic heterocycles. The number of carboxylic acid groups (broad SMARTS) is 1. The van der Waals surface area contributed by atoms with Crippen LogP contribution in [-0.2, 0) is 17.9 Å². The number of hydrogen-bond acceptors (Lipinski definition) is 5. The van der Waals surface area contributed by atoms with Gasteiger partial charge in [0.15, 0.2) is 0 Å². The lowest BCUT2D eigenvalue weighted by Crippen LogP contribution is -2.59. The second kappa shape index (κ2) is 11.7. The van der Waals surface area contributed by atoms with Gasteiger partial charge in [-0.25, -0.2) is 0 Å². The monoisotopic (exact) mass is 485 g/mol. The van der Waals surface area contributed by atoms with Crippen LogP contribution in [0.25, 0.3) is 0 Å². The van der Waals surface area contributed by atoms with Crippen LogP contribution in [0.15, 0.2) is 84.9 Å². The van der Waals surface area contributed by atoms with Crippen molar-refractivity contribution < 1.29 is 14.6 Å². The molecule has 1 N–H and O–H groups in total. The van der Waals surface area contributed by atoms with Crippen molar-refractivity contribution in [3.8, 4) is 11.5 Å². The van der Waals surface area contributed by atoms with Crippen molar-refractivity contribution in [2.24, 2.45) is 0 Å². The fourth-order valence-electron chi connectivity index (χ4n) is 5.40. The van der Waals surface area contributed by atoms with Crippen LogP contribution in [0, 0.1) is 0 Å². The maximum absolute atomic E-state index is 12.1. The molecule has 0 aliphatic carbocycles. The van der Waals surface area contributed by atoms with E-state index in [2.05, 4.69) is 39.0 Å². The Hall–Kier alpha value is -3.19. The number of benzene rings is 3. The average molecular weight is 486 g/mol. The molecule has 0 spiro atoms. The molecule has 6 nitrogen and oxygen atoms in total. The number of rotatable bonds is 8. The highest BCUT2D eigenvalue weighted by Crippen LogP contribution is 2.25. The fourth-order valence-corrected chi connectivity index (χ4v) is 5.40. The zero-order valence-electron chi connectivity index (χ0n) is 20.7. The Balaban J connectivity index is 1.10. The maximum Gasteiger partial charge on any atom is 0.322 e. The molecule has 2 fully saturated rings. The van der Waals surface area contributed by atoms with Gasteiger partial charge < -0.3 is 9.84 Å². The summed E-state index contributed by atoms with van der Waals surface area (Å²) in [5.41, 5.74) is 2.46. The molecule has 0 radical (unpaired) electrons. The van der Waals surface area contributed by atoms with Crippen LogP contribution in [0.3, 0.4) is 0 Å². The van der Waals surface area contributed by atoms with Gasteiger partial charge in [-0.05, 0) is 61.3 Å². The van der Waals surface area contributed by atoms with Gasteiger partial charge in [0.05, 0.1) is 0 Å². The van der Waals surface area contributed by atoms with Gasteiger partial charge in [0.1, 0.15) is 17.5 Å². The summed E-state index contributed by atoms with van der Waals surface area (Å²) in [6.45, 7) is 6.04. The van der Waals surface area contributed by atoms with E-state index >= 15 is 0 Å². The van der Waals surface area contributed by atoms with Gasteiger partial charge in [-0.2, -0.15) is 0 Å². The largest absolute Gasteiger partial charge is 0.480 e. The molecule has 0 bridgehead atoms. The number of para-hydroxylation sites is 1. The van der Waals surface area contributed by atoms with Crippen LogP contribution in [0.5, 0.6) is 11.5 Å². The quantitative estimate of drug-likeness (QED) is 0.499. The van der Waals surface area contributed by atoms with E-state index in [1.54, 1.807) is 0 Å². The SMILES string of the molecule is O=C(O)C1CN(C2CCN(Cc3ccc(Oc4ccccc4)cc3)CC2)CCN1Cc1ccccc1. The summed E-state index contributed by atoms with van der Waals surface area (Å²) in [5.74, 6) is 0.981. The van der Waals surface area contributed by atoms with Gasteiger partial charge >= 0.3 is 5.97 Å². The Morgan fingerprint density at radius 3 is 2.03 bits per heavy atom. The van der Waals surface area contributed by atoms with Crippen molar-refractivity contribution in [1.29, 1.82) is 0 Å². The van der Waals surface area contributed by atoms with Crippen molar-refractivity contribution in [3.05, 3.63) is 96.1 Å². The van der Waals surface area contributed by atoms with E-state index in [1.165, 1.54) is 11.1 Å². The van der Waals surface area contributed by atoms with Crippen molar-refractivity contribution in [3.63, 3.8) is 0 Å². The van der Waals surface area contributed by atoms with Crippen molar-refractivity contribution in [1.82, 2.24) is 14.7 Å². The molecule has 2 heterocycles. The summed E-state index contributed by atoms with van der Waals surface area (Å²) < 4.78 is 5.91. The summed E-state index contributed by atoms with van der Waals surface area (Å²) in [6, 6.07) is 28.4. The highest BCUT2D eigenvalue weighted by molar-refractivity contribution is 5.74. The number of ether oxygens (including phenoxy) is 1. The Morgan fingerprint density at radius 1 is 0.750 bits per heavy atom. The Kier molecular flexibility index (Phi) is 7.96. The molecule has 6 heteroatoms. The van der Waals surface area contributed by atoms with Gasteiger partial charge in [-0.1, -0.05) is 60.7 Å². The topological polar surface area (TPSA) is 56.3 Å². The molecule has 0 saturated carbocycles. The lowest BCUT2D eigenvalue weighted by molar-refractivity contribution is -0.147. The van der Waals surface area contributed by atoms with E-state index < -0.39 is 12.0 Å². The van der Waals surface area contributed by atoms with E-state index in [1.807, 2.05) is 60.7 Å². The summed E-state index contributed by atoms with van der Waals surface area (Å²) in [7, 11) is 0. The zero-order valence-corrected chi connectivity index (χ0v) is 20.7. The molecule has 0 aromatic heterocycles. The molecule has 0 amide bonds. The molecule has 5 rings (SSSR count). The minimum Gasteiger partial charge on any atom is -0.480 e. The van der Waals surface area contributed by atoms with Crippen LogP contribution in [0.2, 0.25) is 0 Å².